The van der Waals surface area contributed by atoms with Gasteiger partial charge in [-0.2, -0.15) is 0 Å². The Morgan fingerprint density at radius 3 is 2.95 bits per heavy atom. The van der Waals surface area contributed by atoms with E-state index >= 15 is 0 Å². The lowest BCUT2D eigenvalue weighted by Crippen LogP contribution is -2.23. The number of rotatable bonds is 2. The molecule has 22 heavy (non-hydrogen) atoms. The summed E-state index contributed by atoms with van der Waals surface area (Å²) < 4.78 is 12.9. The van der Waals surface area contributed by atoms with E-state index in [1.54, 1.807) is 4.57 Å². The van der Waals surface area contributed by atoms with Crippen LogP contribution in [-0.4, -0.2) is 21.3 Å². The number of hydrogen-bond donors (Lipinski definition) is 2. The maximum atomic E-state index is 12.1. The first kappa shape index (κ1) is 13.1. The maximum absolute atomic E-state index is 12.1. The molecular weight excluding hydrogens is 284 g/mol. The summed E-state index contributed by atoms with van der Waals surface area (Å²) in [5.74, 6) is 1.40. The van der Waals surface area contributed by atoms with Crippen molar-refractivity contribution in [2.45, 2.75) is 26.9 Å². The number of ether oxygens (including phenoxy) is 1. The van der Waals surface area contributed by atoms with E-state index in [0.717, 1.165) is 39.2 Å². The summed E-state index contributed by atoms with van der Waals surface area (Å²) in [6.45, 7) is 5.06. The third-order valence-corrected chi connectivity index (χ3v) is 4.17. The molecule has 0 bridgehead atoms. The maximum Gasteiger partial charge on any atom is 0.326 e. The summed E-state index contributed by atoms with van der Waals surface area (Å²) in [7, 11) is 0. The minimum atomic E-state index is -0.134. The average molecular weight is 300 g/mol. The van der Waals surface area contributed by atoms with Gasteiger partial charge in [0.25, 0.3) is 0 Å². The predicted octanol–water partition coefficient (Wildman–Crippen LogP) is 1.45. The van der Waals surface area contributed by atoms with Crippen LogP contribution in [0, 0.1) is 13.8 Å². The Morgan fingerprint density at radius 1 is 1.45 bits per heavy atom. The number of hydrogen-bond acceptors (Lipinski definition) is 5. The Kier molecular flexibility index (Phi) is 2.67. The highest BCUT2D eigenvalue weighted by Gasteiger charge is 2.26. The highest BCUT2D eigenvalue weighted by atomic mass is 16.5. The molecule has 2 aromatic heterocycles. The quantitative estimate of drug-likeness (QED) is 0.746. The van der Waals surface area contributed by atoms with Gasteiger partial charge in [-0.05, 0) is 25.5 Å². The molecule has 0 saturated heterocycles. The summed E-state index contributed by atoms with van der Waals surface area (Å²) >= 11 is 0. The standard InChI is InChI=1S/C15H16N4O3/c1-7-11(8(2)22-18-7)10-5-9(6-16)12-13-14(10)21-4-3-19(13)15(20)17-12/h5H,3-4,6,16H2,1-2H3,(H,17,20). The smallest absolute Gasteiger partial charge is 0.326 e. The number of H-pyrrole nitrogens is 1. The number of imidazole rings is 1. The molecule has 0 saturated carbocycles. The van der Waals surface area contributed by atoms with Crippen molar-refractivity contribution >= 4 is 11.0 Å². The van der Waals surface area contributed by atoms with Crippen LogP contribution in [0.5, 0.6) is 5.75 Å². The van der Waals surface area contributed by atoms with Crippen LogP contribution in [0.25, 0.3) is 22.2 Å². The van der Waals surface area contributed by atoms with Crippen molar-refractivity contribution in [1.82, 2.24) is 14.7 Å². The first-order valence-electron chi connectivity index (χ1n) is 7.16. The second-order valence-electron chi connectivity index (χ2n) is 5.47. The van der Waals surface area contributed by atoms with E-state index in [2.05, 4.69) is 10.1 Å². The highest BCUT2D eigenvalue weighted by molar-refractivity contribution is 5.94. The molecule has 0 unspecified atom stereocenters. The van der Waals surface area contributed by atoms with E-state index in [1.807, 2.05) is 19.9 Å². The van der Waals surface area contributed by atoms with Gasteiger partial charge >= 0.3 is 5.69 Å². The number of nitrogens with zero attached hydrogens (tertiary/aromatic N) is 2. The first-order chi connectivity index (χ1) is 10.6. The van der Waals surface area contributed by atoms with Gasteiger partial charge in [-0.25, -0.2) is 4.79 Å². The summed E-state index contributed by atoms with van der Waals surface area (Å²) in [6, 6.07) is 1.95. The van der Waals surface area contributed by atoms with Gasteiger partial charge in [-0.1, -0.05) is 5.16 Å². The van der Waals surface area contributed by atoms with Gasteiger partial charge in [0.2, 0.25) is 0 Å². The first-order valence-corrected chi connectivity index (χ1v) is 7.16. The van der Waals surface area contributed by atoms with E-state index in [9.17, 15) is 4.79 Å². The van der Waals surface area contributed by atoms with Crippen LogP contribution in [0.3, 0.4) is 0 Å². The fourth-order valence-corrected chi connectivity index (χ4v) is 3.19. The van der Waals surface area contributed by atoms with E-state index in [-0.39, 0.29) is 5.69 Å². The lowest BCUT2D eigenvalue weighted by molar-refractivity contribution is 0.286. The monoisotopic (exact) mass is 300 g/mol. The Morgan fingerprint density at radius 2 is 2.27 bits per heavy atom. The average Bonchev–Trinajstić information content (AvgIpc) is 3.03. The molecule has 114 valence electrons. The lowest BCUT2D eigenvalue weighted by Gasteiger charge is -2.20. The van der Waals surface area contributed by atoms with Gasteiger partial charge in [0, 0.05) is 12.1 Å². The molecule has 0 atom stereocenters. The van der Waals surface area contributed by atoms with Crippen LogP contribution >= 0.6 is 0 Å². The molecule has 1 aliphatic rings. The number of aromatic amines is 1. The van der Waals surface area contributed by atoms with Crippen LogP contribution in [0.2, 0.25) is 0 Å². The van der Waals surface area contributed by atoms with Crippen molar-refractivity contribution in [3.8, 4) is 16.9 Å². The van der Waals surface area contributed by atoms with Crippen molar-refractivity contribution in [3.63, 3.8) is 0 Å². The molecule has 7 heteroatoms. The van der Waals surface area contributed by atoms with Gasteiger partial charge in [0.05, 0.1) is 23.3 Å². The van der Waals surface area contributed by atoms with E-state index in [1.165, 1.54) is 0 Å². The molecule has 7 nitrogen and oxygen atoms in total. The van der Waals surface area contributed by atoms with Gasteiger partial charge in [-0.15, -0.1) is 0 Å². The molecule has 0 aliphatic carbocycles. The molecule has 3 aromatic rings. The second-order valence-corrected chi connectivity index (χ2v) is 5.47. The van der Waals surface area contributed by atoms with Crippen molar-refractivity contribution in [2.75, 3.05) is 6.61 Å². The fraction of sp³-hybridized carbons (Fsp3) is 0.333. The Hall–Kier alpha value is -2.54. The summed E-state index contributed by atoms with van der Waals surface area (Å²) in [4.78, 5) is 15.0. The third-order valence-electron chi connectivity index (χ3n) is 4.17. The summed E-state index contributed by atoms with van der Waals surface area (Å²) in [6.07, 6.45) is 0. The third kappa shape index (κ3) is 1.59. The second kappa shape index (κ2) is 4.48. The Bertz CT molecular complexity index is 928. The molecule has 0 amide bonds. The number of nitrogens with two attached hydrogens (primary N) is 1. The number of aryl methyl sites for hydroxylation is 2. The molecule has 3 N–H and O–H groups in total. The molecule has 1 aliphatic heterocycles. The SMILES string of the molecule is Cc1noc(C)c1-c1cc(CN)c2[nH]c(=O)n3c2c1OCC3. The Labute approximate surface area is 125 Å². The van der Waals surface area contributed by atoms with Crippen molar-refractivity contribution < 1.29 is 9.26 Å². The molecule has 3 heterocycles. The molecule has 0 spiro atoms. The van der Waals surface area contributed by atoms with Crippen molar-refractivity contribution in [2.24, 2.45) is 5.73 Å². The van der Waals surface area contributed by atoms with Gasteiger partial charge < -0.3 is 20.0 Å². The van der Waals surface area contributed by atoms with Crippen LogP contribution in [0.4, 0.5) is 0 Å². The predicted molar refractivity (Wildman–Crippen MR) is 80.9 cm³/mol. The zero-order valence-corrected chi connectivity index (χ0v) is 12.4. The van der Waals surface area contributed by atoms with Gasteiger partial charge in [-0.3, -0.25) is 4.57 Å². The van der Waals surface area contributed by atoms with E-state index in [4.69, 9.17) is 15.0 Å². The highest BCUT2D eigenvalue weighted by Crippen LogP contribution is 2.41. The van der Waals surface area contributed by atoms with E-state index < -0.39 is 0 Å². The van der Waals surface area contributed by atoms with Gasteiger partial charge in [0.1, 0.15) is 17.9 Å². The molecule has 4 rings (SSSR count). The summed E-state index contributed by atoms with van der Waals surface area (Å²) in [5.41, 5.74) is 10.7. The number of benzene rings is 1. The summed E-state index contributed by atoms with van der Waals surface area (Å²) in [5, 5.41) is 4.01. The van der Waals surface area contributed by atoms with Crippen LogP contribution in [0.15, 0.2) is 15.4 Å². The Balaban J connectivity index is 2.17. The minimum Gasteiger partial charge on any atom is -0.489 e. The van der Waals surface area contributed by atoms with Crippen LogP contribution < -0.4 is 16.2 Å². The topological polar surface area (TPSA) is 99.1 Å². The molecule has 0 radical (unpaired) electrons. The number of aromatic nitrogens is 3. The molecule has 0 fully saturated rings. The normalized spacial score (nSPS) is 13.6. The molecular formula is C15H16N4O3. The zero-order chi connectivity index (χ0) is 15.4. The zero-order valence-electron chi connectivity index (χ0n) is 12.4. The van der Waals surface area contributed by atoms with Gasteiger partial charge in [0.15, 0.2) is 5.75 Å². The number of nitrogens with one attached hydrogen (secondary N) is 1. The largest absolute Gasteiger partial charge is 0.489 e. The van der Waals surface area contributed by atoms with Crippen molar-refractivity contribution in [3.05, 3.63) is 33.6 Å². The van der Waals surface area contributed by atoms with Crippen molar-refractivity contribution in [1.29, 1.82) is 0 Å². The van der Waals surface area contributed by atoms with Crippen LogP contribution in [0.1, 0.15) is 17.0 Å². The molecule has 1 aromatic carbocycles. The van der Waals surface area contributed by atoms with E-state index in [0.29, 0.717) is 25.4 Å². The minimum absolute atomic E-state index is 0.134. The lowest BCUT2D eigenvalue weighted by atomic mass is 9.98. The fourth-order valence-electron chi connectivity index (χ4n) is 3.19. The van der Waals surface area contributed by atoms with Crippen LogP contribution in [-0.2, 0) is 13.1 Å².